The largest absolute Gasteiger partial charge is 0.369 e. The highest BCUT2D eigenvalue weighted by Gasteiger charge is 2.24. The van der Waals surface area contributed by atoms with E-state index in [2.05, 4.69) is 42.8 Å². The van der Waals surface area contributed by atoms with Crippen molar-refractivity contribution < 1.29 is 4.74 Å². The Balaban J connectivity index is 1.36. The Hall–Kier alpha value is -1.61. The van der Waals surface area contributed by atoms with Crippen molar-refractivity contribution in [2.45, 2.75) is 32.7 Å². The minimum atomic E-state index is 0.110. The maximum atomic E-state index is 5.97. The molecule has 23 heavy (non-hydrogen) atoms. The van der Waals surface area contributed by atoms with E-state index in [4.69, 9.17) is 4.74 Å². The van der Waals surface area contributed by atoms with Crippen LogP contribution >= 0.6 is 22.7 Å². The second kappa shape index (κ2) is 6.48. The number of thiophene rings is 1. The van der Waals surface area contributed by atoms with E-state index in [-0.39, 0.29) is 6.10 Å². The molecule has 120 valence electrons. The van der Waals surface area contributed by atoms with Crippen molar-refractivity contribution in [2.75, 3.05) is 6.54 Å². The summed E-state index contributed by atoms with van der Waals surface area (Å²) >= 11 is 3.35. The van der Waals surface area contributed by atoms with Crippen molar-refractivity contribution in [1.82, 2.24) is 25.3 Å². The Morgan fingerprint density at radius 3 is 3.17 bits per heavy atom. The first-order chi connectivity index (χ1) is 11.3. The average molecular weight is 347 g/mol. The van der Waals surface area contributed by atoms with Gasteiger partial charge >= 0.3 is 0 Å². The topological polar surface area (TPSA) is 64.9 Å². The lowest BCUT2D eigenvalue weighted by Gasteiger charge is -2.24. The molecule has 1 N–H and O–H groups in total. The Kier molecular flexibility index (Phi) is 4.21. The van der Waals surface area contributed by atoms with Crippen LogP contribution in [0.4, 0.5) is 0 Å². The number of hydrogen-bond acceptors (Lipinski definition) is 7. The number of hydrogen-bond donors (Lipinski definition) is 1. The molecule has 0 saturated heterocycles. The zero-order valence-electron chi connectivity index (χ0n) is 12.7. The molecule has 0 unspecified atom stereocenters. The van der Waals surface area contributed by atoms with Crippen molar-refractivity contribution in [3.63, 3.8) is 0 Å². The third-order valence-corrected chi connectivity index (χ3v) is 5.31. The van der Waals surface area contributed by atoms with Crippen molar-refractivity contribution in [1.29, 1.82) is 0 Å². The highest BCUT2D eigenvalue weighted by molar-refractivity contribution is 7.09. The summed E-state index contributed by atoms with van der Waals surface area (Å²) in [5.74, 6) is 0. The smallest absolute Gasteiger partial charge is 0.119 e. The molecule has 0 spiro atoms. The van der Waals surface area contributed by atoms with Crippen LogP contribution in [0, 0.1) is 6.92 Å². The molecule has 4 heterocycles. The quantitative estimate of drug-likeness (QED) is 0.768. The number of ether oxygens (including phenoxy) is 1. The first-order valence-electron chi connectivity index (χ1n) is 7.48. The molecule has 8 heteroatoms. The van der Waals surface area contributed by atoms with Gasteiger partial charge in [0.05, 0.1) is 35.7 Å². The second-order valence-electron chi connectivity index (χ2n) is 5.50. The number of thiazole rings is 1. The Bertz CT molecular complexity index is 780. The van der Waals surface area contributed by atoms with Gasteiger partial charge in [0, 0.05) is 29.4 Å². The standard InChI is InChI=1S/C15H17N5OS2/c1-10-17-12(9-23-10)4-16-5-13-6-20-14(7-21-13)15(18-19-20)11-2-3-22-8-11/h2-3,8-9,13,16H,4-7H2,1H3/t13-/m1/s1. The number of aromatic nitrogens is 4. The molecule has 1 aliphatic heterocycles. The summed E-state index contributed by atoms with van der Waals surface area (Å²) in [4.78, 5) is 4.45. The van der Waals surface area contributed by atoms with Gasteiger partial charge in [0.1, 0.15) is 5.69 Å². The zero-order valence-corrected chi connectivity index (χ0v) is 14.4. The Labute approximate surface area is 142 Å². The summed E-state index contributed by atoms with van der Waals surface area (Å²) in [5.41, 5.74) is 4.21. The number of aryl methyl sites for hydroxylation is 1. The molecule has 0 aromatic carbocycles. The normalized spacial score (nSPS) is 17.3. The van der Waals surface area contributed by atoms with Crippen LogP contribution in [0.5, 0.6) is 0 Å². The molecule has 0 saturated carbocycles. The summed E-state index contributed by atoms with van der Waals surface area (Å²) in [6.45, 7) is 4.86. The first-order valence-corrected chi connectivity index (χ1v) is 9.30. The molecular formula is C15H17N5OS2. The summed E-state index contributed by atoms with van der Waals surface area (Å²) in [5, 5.41) is 19.3. The molecule has 0 fully saturated rings. The lowest BCUT2D eigenvalue weighted by atomic mass is 10.2. The first kappa shape index (κ1) is 14.9. The van der Waals surface area contributed by atoms with E-state index in [0.29, 0.717) is 6.61 Å². The van der Waals surface area contributed by atoms with Gasteiger partial charge in [0.2, 0.25) is 0 Å². The maximum Gasteiger partial charge on any atom is 0.119 e. The van der Waals surface area contributed by atoms with Crippen molar-refractivity contribution in [2.24, 2.45) is 0 Å². The van der Waals surface area contributed by atoms with Gasteiger partial charge in [0.25, 0.3) is 0 Å². The van der Waals surface area contributed by atoms with E-state index < -0.39 is 0 Å². The van der Waals surface area contributed by atoms with Gasteiger partial charge in [0.15, 0.2) is 0 Å². The number of rotatable bonds is 5. The fraction of sp³-hybridized carbons (Fsp3) is 0.400. The monoisotopic (exact) mass is 347 g/mol. The lowest BCUT2D eigenvalue weighted by molar-refractivity contribution is 0.00122. The minimum absolute atomic E-state index is 0.110. The molecule has 0 amide bonds. The number of nitrogens with one attached hydrogen (secondary N) is 1. The van der Waals surface area contributed by atoms with E-state index in [1.807, 2.05) is 11.6 Å². The second-order valence-corrected chi connectivity index (χ2v) is 7.34. The number of fused-ring (bicyclic) bond motifs is 1. The van der Waals surface area contributed by atoms with E-state index in [0.717, 1.165) is 47.3 Å². The van der Waals surface area contributed by atoms with Crippen LogP contribution in [0.3, 0.4) is 0 Å². The van der Waals surface area contributed by atoms with Crippen LogP contribution in [-0.2, 0) is 24.4 Å². The van der Waals surface area contributed by atoms with Crippen LogP contribution in [0.25, 0.3) is 11.3 Å². The van der Waals surface area contributed by atoms with Gasteiger partial charge in [-0.2, -0.15) is 11.3 Å². The molecule has 3 aromatic rings. The predicted molar refractivity (Wildman–Crippen MR) is 90.5 cm³/mol. The van der Waals surface area contributed by atoms with Crippen LogP contribution in [0.1, 0.15) is 16.4 Å². The summed E-state index contributed by atoms with van der Waals surface area (Å²) in [6, 6.07) is 2.07. The zero-order chi connectivity index (χ0) is 15.6. The SMILES string of the molecule is Cc1nc(CNC[C@@H]2Cn3nnc(-c4ccsc4)c3CO2)cs1. The molecule has 6 nitrogen and oxygen atoms in total. The molecule has 0 aliphatic carbocycles. The highest BCUT2D eigenvalue weighted by Crippen LogP contribution is 2.26. The third-order valence-electron chi connectivity index (χ3n) is 3.81. The van der Waals surface area contributed by atoms with Crippen molar-refractivity contribution in [3.05, 3.63) is 38.6 Å². The van der Waals surface area contributed by atoms with Gasteiger partial charge in [-0.3, -0.25) is 0 Å². The van der Waals surface area contributed by atoms with Crippen LogP contribution < -0.4 is 5.32 Å². The van der Waals surface area contributed by atoms with Crippen molar-refractivity contribution in [3.8, 4) is 11.3 Å². The minimum Gasteiger partial charge on any atom is -0.369 e. The molecule has 1 atom stereocenters. The fourth-order valence-corrected chi connectivity index (χ4v) is 3.92. The summed E-state index contributed by atoms with van der Waals surface area (Å²) in [6.07, 6.45) is 0.110. The van der Waals surface area contributed by atoms with Crippen LogP contribution in [0.15, 0.2) is 22.2 Å². The van der Waals surface area contributed by atoms with Crippen LogP contribution in [-0.4, -0.2) is 32.6 Å². The molecular weight excluding hydrogens is 330 g/mol. The number of nitrogens with zero attached hydrogens (tertiary/aromatic N) is 4. The maximum absolute atomic E-state index is 5.97. The van der Waals surface area contributed by atoms with Gasteiger partial charge in [-0.05, 0) is 18.4 Å². The average Bonchev–Trinajstić information content (AvgIpc) is 3.27. The van der Waals surface area contributed by atoms with E-state index >= 15 is 0 Å². The molecule has 4 rings (SSSR count). The Morgan fingerprint density at radius 2 is 2.39 bits per heavy atom. The fourth-order valence-electron chi connectivity index (χ4n) is 2.66. The van der Waals surface area contributed by atoms with E-state index in [1.54, 1.807) is 22.7 Å². The Morgan fingerprint density at radius 1 is 1.43 bits per heavy atom. The van der Waals surface area contributed by atoms with Gasteiger partial charge in [-0.25, -0.2) is 9.67 Å². The van der Waals surface area contributed by atoms with Crippen molar-refractivity contribution >= 4 is 22.7 Å². The molecule has 0 radical (unpaired) electrons. The highest BCUT2D eigenvalue weighted by atomic mass is 32.1. The van der Waals surface area contributed by atoms with E-state index in [9.17, 15) is 0 Å². The molecule has 1 aliphatic rings. The lowest BCUT2D eigenvalue weighted by Crippen LogP contribution is -2.36. The van der Waals surface area contributed by atoms with Gasteiger partial charge in [-0.1, -0.05) is 5.21 Å². The summed E-state index contributed by atoms with van der Waals surface area (Å²) in [7, 11) is 0. The van der Waals surface area contributed by atoms with Gasteiger partial charge < -0.3 is 10.1 Å². The van der Waals surface area contributed by atoms with Gasteiger partial charge in [-0.15, -0.1) is 16.4 Å². The molecule has 3 aromatic heterocycles. The summed E-state index contributed by atoms with van der Waals surface area (Å²) < 4.78 is 7.93. The van der Waals surface area contributed by atoms with Crippen LogP contribution in [0.2, 0.25) is 0 Å². The third kappa shape index (κ3) is 3.20. The molecule has 0 bridgehead atoms. The van der Waals surface area contributed by atoms with E-state index in [1.165, 1.54) is 0 Å². The predicted octanol–water partition coefficient (Wildman–Crippen LogP) is 2.46.